The van der Waals surface area contributed by atoms with E-state index in [9.17, 15) is 4.57 Å². The Morgan fingerprint density at radius 3 is 1.72 bits per heavy atom. The maximum absolute atomic E-state index is 13.4. The van der Waals surface area contributed by atoms with Crippen LogP contribution in [0.5, 0.6) is 17.2 Å². The molecule has 5 nitrogen and oxygen atoms in total. The molecule has 25 heavy (non-hydrogen) atoms. The summed E-state index contributed by atoms with van der Waals surface area (Å²) < 4.78 is 30.0. The van der Waals surface area contributed by atoms with E-state index in [-0.39, 0.29) is 0 Å². The van der Waals surface area contributed by atoms with Crippen molar-refractivity contribution in [3.63, 3.8) is 0 Å². The third kappa shape index (κ3) is 4.55. The Hall–Kier alpha value is -2.91. The van der Waals surface area contributed by atoms with Crippen LogP contribution in [0, 0.1) is 0 Å². The van der Waals surface area contributed by atoms with Crippen LogP contribution in [0.2, 0.25) is 0 Å². The predicted octanol–water partition coefficient (Wildman–Crippen LogP) is 5.37. The van der Waals surface area contributed by atoms with E-state index in [4.69, 9.17) is 13.8 Å². The van der Waals surface area contributed by atoms with Crippen molar-refractivity contribution in [3.8, 4) is 17.2 Å². The minimum atomic E-state index is -3.76. The molecule has 0 aromatic heterocycles. The lowest BCUT2D eigenvalue weighted by molar-refractivity contribution is 0.391. The van der Waals surface area contributed by atoms with Gasteiger partial charge in [-0.2, -0.15) is 0 Å². The Balaban J connectivity index is 1.92. The number of nitrogens with one attached hydrogen (secondary N) is 1. The highest BCUT2D eigenvalue weighted by molar-refractivity contribution is 7.56. The molecule has 0 aliphatic carbocycles. The van der Waals surface area contributed by atoms with Crippen molar-refractivity contribution in [1.29, 1.82) is 0 Å². The third-order valence-corrected chi connectivity index (χ3v) is 4.72. The number of ether oxygens (including phenoxy) is 1. The van der Waals surface area contributed by atoms with Gasteiger partial charge in [0.05, 0.1) is 12.8 Å². The first-order chi connectivity index (χ1) is 12.2. The van der Waals surface area contributed by atoms with Gasteiger partial charge < -0.3 is 13.8 Å². The van der Waals surface area contributed by atoms with Gasteiger partial charge in [0.15, 0.2) is 0 Å². The summed E-state index contributed by atoms with van der Waals surface area (Å²) in [7, 11) is -2.21. The average molecular weight is 355 g/mol. The van der Waals surface area contributed by atoms with Gasteiger partial charge in [-0.1, -0.05) is 48.5 Å². The molecular formula is C19H18NO4P. The Morgan fingerprint density at radius 2 is 1.20 bits per heavy atom. The van der Waals surface area contributed by atoms with Crippen molar-refractivity contribution in [1.82, 2.24) is 0 Å². The van der Waals surface area contributed by atoms with Crippen molar-refractivity contribution in [2.45, 2.75) is 0 Å². The maximum Gasteiger partial charge on any atom is 0.541 e. The zero-order valence-electron chi connectivity index (χ0n) is 13.7. The molecule has 6 heteroatoms. The smallest absolute Gasteiger partial charge is 0.495 e. The highest BCUT2D eigenvalue weighted by Crippen LogP contribution is 2.49. The van der Waals surface area contributed by atoms with Crippen LogP contribution in [-0.4, -0.2) is 7.11 Å². The highest BCUT2D eigenvalue weighted by Gasteiger charge is 2.30. The van der Waals surface area contributed by atoms with E-state index in [1.807, 2.05) is 18.2 Å². The molecule has 0 saturated carbocycles. The van der Waals surface area contributed by atoms with E-state index < -0.39 is 7.75 Å². The van der Waals surface area contributed by atoms with Gasteiger partial charge in [-0.15, -0.1) is 0 Å². The molecule has 0 heterocycles. The van der Waals surface area contributed by atoms with Gasteiger partial charge in [-0.25, -0.2) is 4.57 Å². The number of anilines is 1. The molecule has 128 valence electrons. The number of methoxy groups -OCH3 is 1. The molecule has 0 aliphatic heterocycles. The molecule has 0 bridgehead atoms. The van der Waals surface area contributed by atoms with E-state index in [2.05, 4.69) is 5.09 Å². The van der Waals surface area contributed by atoms with Crippen LogP contribution in [0.4, 0.5) is 5.69 Å². The second-order valence-corrected chi connectivity index (χ2v) is 6.70. The first-order valence-corrected chi connectivity index (χ1v) is 9.23. The molecule has 3 aromatic carbocycles. The fraction of sp³-hybridized carbons (Fsp3) is 0.0526. The molecule has 0 atom stereocenters. The molecule has 0 unspecified atom stereocenters. The number of hydrogen-bond acceptors (Lipinski definition) is 4. The summed E-state index contributed by atoms with van der Waals surface area (Å²) >= 11 is 0. The lowest BCUT2D eigenvalue weighted by atomic mass is 10.3. The van der Waals surface area contributed by atoms with Crippen molar-refractivity contribution < 1.29 is 18.3 Å². The molecule has 0 fully saturated rings. The summed E-state index contributed by atoms with van der Waals surface area (Å²) in [5.41, 5.74) is 0.514. The summed E-state index contributed by atoms with van der Waals surface area (Å²) in [4.78, 5) is 0. The van der Waals surface area contributed by atoms with Crippen LogP contribution in [0.1, 0.15) is 0 Å². The fourth-order valence-corrected chi connectivity index (χ4v) is 3.60. The Morgan fingerprint density at radius 1 is 0.720 bits per heavy atom. The lowest BCUT2D eigenvalue weighted by Crippen LogP contribution is -2.10. The third-order valence-electron chi connectivity index (χ3n) is 3.30. The van der Waals surface area contributed by atoms with Crippen LogP contribution in [-0.2, 0) is 4.57 Å². The second kappa shape index (κ2) is 7.77. The number of para-hydroxylation sites is 4. The van der Waals surface area contributed by atoms with Crippen LogP contribution < -0.4 is 18.9 Å². The highest BCUT2D eigenvalue weighted by atomic mass is 31.2. The van der Waals surface area contributed by atoms with Gasteiger partial charge in [0.25, 0.3) is 0 Å². The molecule has 0 spiro atoms. The first-order valence-electron chi connectivity index (χ1n) is 7.69. The average Bonchev–Trinajstić information content (AvgIpc) is 2.63. The Bertz CT molecular complexity index is 810. The monoisotopic (exact) mass is 355 g/mol. The summed E-state index contributed by atoms with van der Waals surface area (Å²) in [6.45, 7) is 0. The Labute approximate surface area is 146 Å². The van der Waals surface area contributed by atoms with Crippen molar-refractivity contribution in [3.05, 3.63) is 84.9 Å². The summed E-state index contributed by atoms with van der Waals surface area (Å²) in [5, 5.41) is 2.86. The largest absolute Gasteiger partial charge is 0.541 e. The SMILES string of the molecule is COc1ccccc1NP(=O)(Oc1ccccc1)Oc1ccccc1. The van der Waals surface area contributed by atoms with Gasteiger partial charge in [0.2, 0.25) is 0 Å². The van der Waals surface area contributed by atoms with E-state index in [0.29, 0.717) is 22.9 Å². The predicted molar refractivity (Wildman–Crippen MR) is 98.4 cm³/mol. The van der Waals surface area contributed by atoms with Crippen LogP contribution in [0.3, 0.4) is 0 Å². The van der Waals surface area contributed by atoms with E-state index in [1.165, 1.54) is 0 Å². The van der Waals surface area contributed by atoms with Crippen LogP contribution >= 0.6 is 7.75 Å². The quantitative estimate of drug-likeness (QED) is 0.577. The molecule has 3 aromatic rings. The molecular weight excluding hydrogens is 337 g/mol. The van der Waals surface area contributed by atoms with Gasteiger partial charge in [0.1, 0.15) is 17.2 Å². The minimum Gasteiger partial charge on any atom is -0.495 e. The van der Waals surface area contributed by atoms with Gasteiger partial charge in [-0.3, -0.25) is 5.09 Å². The molecule has 1 N–H and O–H groups in total. The molecule has 0 saturated heterocycles. The number of rotatable bonds is 7. The van der Waals surface area contributed by atoms with Crippen LogP contribution in [0.15, 0.2) is 84.9 Å². The molecule has 0 aliphatic rings. The van der Waals surface area contributed by atoms with E-state index in [0.717, 1.165) is 0 Å². The first kappa shape index (κ1) is 16.9. The van der Waals surface area contributed by atoms with Crippen LogP contribution in [0.25, 0.3) is 0 Å². The zero-order chi connectivity index (χ0) is 17.5. The molecule has 0 radical (unpaired) electrons. The van der Waals surface area contributed by atoms with Gasteiger partial charge in [-0.05, 0) is 36.4 Å². The summed E-state index contributed by atoms with van der Waals surface area (Å²) in [6, 6.07) is 24.9. The standard InChI is InChI=1S/C19H18NO4P/c1-22-19-15-9-8-14-18(19)20-25(21,23-16-10-4-2-5-11-16)24-17-12-6-3-7-13-17/h2-15H,1H3,(H,20,21). The normalized spacial score (nSPS) is 10.8. The fourth-order valence-electron chi connectivity index (χ4n) is 2.19. The van der Waals surface area contributed by atoms with Gasteiger partial charge in [0, 0.05) is 0 Å². The number of benzene rings is 3. The molecule has 0 amide bonds. The van der Waals surface area contributed by atoms with E-state index >= 15 is 0 Å². The summed E-state index contributed by atoms with van der Waals surface area (Å²) in [5.74, 6) is 1.41. The van der Waals surface area contributed by atoms with Crippen molar-refractivity contribution in [2.75, 3.05) is 12.2 Å². The molecule has 3 rings (SSSR count). The van der Waals surface area contributed by atoms with Crippen molar-refractivity contribution in [2.24, 2.45) is 0 Å². The number of hydrogen-bond donors (Lipinski definition) is 1. The maximum atomic E-state index is 13.4. The Kier molecular flexibility index (Phi) is 5.26. The second-order valence-electron chi connectivity index (χ2n) is 5.12. The van der Waals surface area contributed by atoms with E-state index in [1.54, 1.807) is 73.8 Å². The topological polar surface area (TPSA) is 56.8 Å². The minimum absolute atomic E-state index is 0.434. The van der Waals surface area contributed by atoms with Gasteiger partial charge >= 0.3 is 7.75 Å². The van der Waals surface area contributed by atoms with Crippen molar-refractivity contribution >= 4 is 13.4 Å². The zero-order valence-corrected chi connectivity index (χ0v) is 14.6. The lowest BCUT2D eigenvalue weighted by Gasteiger charge is -2.22. The summed E-state index contributed by atoms with van der Waals surface area (Å²) in [6.07, 6.45) is 0.